The summed E-state index contributed by atoms with van der Waals surface area (Å²) in [4.78, 5) is 12.1. The van der Waals surface area contributed by atoms with Crippen molar-refractivity contribution in [1.82, 2.24) is 0 Å². The topological polar surface area (TPSA) is 43.1 Å². The summed E-state index contributed by atoms with van der Waals surface area (Å²) in [6, 6.07) is 4.68. The van der Waals surface area contributed by atoms with Crippen LogP contribution in [0.4, 0.5) is 4.39 Å². The van der Waals surface area contributed by atoms with Gasteiger partial charge in [0.1, 0.15) is 5.82 Å². The first-order valence-electron chi connectivity index (χ1n) is 5.69. The van der Waals surface area contributed by atoms with Crippen LogP contribution in [0.3, 0.4) is 0 Å². The minimum atomic E-state index is -0.800. The van der Waals surface area contributed by atoms with E-state index in [0.29, 0.717) is 22.9 Å². The highest BCUT2D eigenvalue weighted by Gasteiger charge is 2.29. The molecular formula is C13H17BrFNO. The molecule has 0 atom stereocenters. The van der Waals surface area contributed by atoms with Gasteiger partial charge in [0.25, 0.3) is 0 Å². The first-order chi connectivity index (χ1) is 7.94. The minimum absolute atomic E-state index is 0.0474. The average molecular weight is 302 g/mol. The van der Waals surface area contributed by atoms with Gasteiger partial charge in [0.15, 0.2) is 5.78 Å². The fourth-order valence-corrected chi connectivity index (χ4v) is 2.08. The summed E-state index contributed by atoms with van der Waals surface area (Å²) in [5, 5.41) is 0. The zero-order chi connectivity index (χ0) is 13.1. The van der Waals surface area contributed by atoms with Gasteiger partial charge in [-0.05, 0) is 40.4 Å². The maximum absolute atomic E-state index is 13.3. The van der Waals surface area contributed by atoms with E-state index < -0.39 is 5.54 Å². The van der Waals surface area contributed by atoms with Crippen molar-refractivity contribution in [1.29, 1.82) is 0 Å². The smallest absolute Gasteiger partial charge is 0.157 e. The van der Waals surface area contributed by atoms with Gasteiger partial charge >= 0.3 is 0 Å². The van der Waals surface area contributed by atoms with Gasteiger partial charge in [-0.15, -0.1) is 0 Å². The molecule has 0 spiro atoms. The molecule has 0 radical (unpaired) electrons. The molecule has 17 heavy (non-hydrogen) atoms. The van der Waals surface area contributed by atoms with Crippen LogP contribution in [0.1, 0.15) is 32.3 Å². The number of rotatable bonds is 5. The van der Waals surface area contributed by atoms with E-state index in [4.69, 9.17) is 5.73 Å². The summed E-state index contributed by atoms with van der Waals surface area (Å²) < 4.78 is 13.7. The SMILES string of the molecule is CCC(N)(CC)C(=O)Cc1cccc(F)c1Br. The van der Waals surface area contributed by atoms with E-state index in [9.17, 15) is 9.18 Å². The number of Topliss-reactive ketones (excluding diaryl/α,β-unsaturated/α-hetero) is 1. The van der Waals surface area contributed by atoms with E-state index in [1.807, 2.05) is 13.8 Å². The Hall–Kier alpha value is -0.740. The quantitative estimate of drug-likeness (QED) is 0.907. The van der Waals surface area contributed by atoms with E-state index in [2.05, 4.69) is 15.9 Å². The monoisotopic (exact) mass is 301 g/mol. The first-order valence-corrected chi connectivity index (χ1v) is 6.49. The highest BCUT2D eigenvalue weighted by atomic mass is 79.9. The second-order valence-electron chi connectivity index (χ2n) is 4.18. The van der Waals surface area contributed by atoms with Crippen molar-refractivity contribution in [3.63, 3.8) is 0 Å². The Morgan fingerprint density at radius 2 is 2.00 bits per heavy atom. The summed E-state index contributed by atoms with van der Waals surface area (Å²) in [5.74, 6) is -0.403. The standard InChI is InChI=1S/C13H17BrFNO/c1-3-13(16,4-2)11(17)8-9-6-5-7-10(15)12(9)14/h5-7H,3-4,8,16H2,1-2H3. The van der Waals surface area contributed by atoms with Crippen molar-refractivity contribution >= 4 is 21.7 Å². The maximum Gasteiger partial charge on any atom is 0.157 e. The van der Waals surface area contributed by atoms with Crippen LogP contribution in [0.5, 0.6) is 0 Å². The average Bonchev–Trinajstić information content (AvgIpc) is 2.33. The summed E-state index contributed by atoms with van der Waals surface area (Å²) in [6.07, 6.45) is 1.35. The minimum Gasteiger partial charge on any atom is -0.319 e. The van der Waals surface area contributed by atoms with Crippen LogP contribution < -0.4 is 5.73 Å². The number of carbonyl (C=O) groups is 1. The number of carbonyl (C=O) groups excluding carboxylic acids is 1. The summed E-state index contributed by atoms with van der Waals surface area (Å²) in [7, 11) is 0. The van der Waals surface area contributed by atoms with Crippen molar-refractivity contribution in [2.75, 3.05) is 0 Å². The van der Waals surface area contributed by atoms with Gasteiger partial charge in [0, 0.05) is 6.42 Å². The Kier molecular flexibility index (Phi) is 4.83. The number of halogens is 2. The molecule has 94 valence electrons. The third-order valence-corrected chi connectivity index (χ3v) is 4.09. The lowest BCUT2D eigenvalue weighted by Gasteiger charge is -2.25. The molecule has 0 bridgehead atoms. The molecule has 0 aliphatic carbocycles. The zero-order valence-electron chi connectivity index (χ0n) is 10.1. The third kappa shape index (κ3) is 3.13. The van der Waals surface area contributed by atoms with Crippen molar-refractivity contribution in [2.45, 2.75) is 38.6 Å². The molecular weight excluding hydrogens is 285 g/mol. The van der Waals surface area contributed by atoms with Crippen LogP contribution in [0, 0.1) is 5.82 Å². The summed E-state index contributed by atoms with van der Waals surface area (Å²) >= 11 is 3.15. The molecule has 0 fully saturated rings. The summed E-state index contributed by atoms with van der Waals surface area (Å²) in [6.45, 7) is 3.78. The Morgan fingerprint density at radius 1 is 1.41 bits per heavy atom. The largest absolute Gasteiger partial charge is 0.319 e. The van der Waals surface area contributed by atoms with Gasteiger partial charge in [-0.2, -0.15) is 0 Å². The molecule has 0 saturated carbocycles. The highest BCUT2D eigenvalue weighted by Crippen LogP contribution is 2.23. The van der Waals surface area contributed by atoms with Crippen LogP contribution in [0.25, 0.3) is 0 Å². The normalized spacial score (nSPS) is 11.6. The van der Waals surface area contributed by atoms with Gasteiger partial charge < -0.3 is 5.73 Å². The van der Waals surface area contributed by atoms with Crippen molar-refractivity contribution in [2.24, 2.45) is 5.73 Å². The van der Waals surface area contributed by atoms with E-state index in [1.165, 1.54) is 6.07 Å². The van der Waals surface area contributed by atoms with E-state index in [0.717, 1.165) is 0 Å². The molecule has 0 amide bonds. The lowest BCUT2D eigenvalue weighted by molar-refractivity contribution is -0.123. The second-order valence-corrected chi connectivity index (χ2v) is 4.97. The van der Waals surface area contributed by atoms with Crippen LogP contribution in [0.15, 0.2) is 22.7 Å². The van der Waals surface area contributed by atoms with Gasteiger partial charge in [-0.1, -0.05) is 26.0 Å². The molecule has 2 nitrogen and oxygen atoms in total. The second kappa shape index (κ2) is 5.74. The number of benzene rings is 1. The van der Waals surface area contributed by atoms with Crippen LogP contribution in [-0.2, 0) is 11.2 Å². The Bertz CT molecular complexity index is 416. The predicted molar refractivity (Wildman–Crippen MR) is 70.3 cm³/mol. The predicted octanol–water partition coefficient (Wildman–Crippen LogP) is 3.22. The van der Waals surface area contributed by atoms with Crippen LogP contribution in [-0.4, -0.2) is 11.3 Å². The first kappa shape index (κ1) is 14.3. The number of ketones is 1. The van der Waals surface area contributed by atoms with Gasteiger partial charge in [-0.3, -0.25) is 4.79 Å². The Labute approximate surface area is 110 Å². The Balaban J connectivity index is 2.92. The summed E-state index contributed by atoms with van der Waals surface area (Å²) in [5.41, 5.74) is 5.86. The molecule has 0 aromatic heterocycles. The van der Waals surface area contributed by atoms with Crippen LogP contribution >= 0.6 is 15.9 Å². The molecule has 0 heterocycles. The molecule has 0 aliphatic rings. The fourth-order valence-electron chi connectivity index (χ4n) is 1.68. The maximum atomic E-state index is 13.3. The number of hydrogen-bond donors (Lipinski definition) is 1. The van der Waals surface area contributed by atoms with Crippen molar-refractivity contribution < 1.29 is 9.18 Å². The van der Waals surface area contributed by atoms with Crippen molar-refractivity contribution in [3.8, 4) is 0 Å². The molecule has 2 N–H and O–H groups in total. The molecule has 1 aromatic carbocycles. The van der Waals surface area contributed by atoms with Gasteiger partial charge in [-0.25, -0.2) is 4.39 Å². The molecule has 4 heteroatoms. The number of nitrogens with two attached hydrogens (primary N) is 1. The van der Waals surface area contributed by atoms with E-state index in [-0.39, 0.29) is 18.0 Å². The third-order valence-electron chi connectivity index (χ3n) is 3.20. The van der Waals surface area contributed by atoms with E-state index in [1.54, 1.807) is 12.1 Å². The molecule has 1 aromatic rings. The zero-order valence-corrected chi connectivity index (χ0v) is 11.7. The van der Waals surface area contributed by atoms with Crippen molar-refractivity contribution in [3.05, 3.63) is 34.1 Å². The van der Waals surface area contributed by atoms with E-state index >= 15 is 0 Å². The molecule has 0 aliphatic heterocycles. The fraction of sp³-hybridized carbons (Fsp3) is 0.462. The molecule has 1 rings (SSSR count). The Morgan fingerprint density at radius 3 is 2.53 bits per heavy atom. The number of hydrogen-bond acceptors (Lipinski definition) is 2. The lowest BCUT2D eigenvalue weighted by atomic mass is 9.86. The highest BCUT2D eigenvalue weighted by molar-refractivity contribution is 9.10. The van der Waals surface area contributed by atoms with Crippen LogP contribution in [0.2, 0.25) is 0 Å². The molecule has 0 saturated heterocycles. The molecule has 0 unspecified atom stereocenters. The van der Waals surface area contributed by atoms with Gasteiger partial charge in [0.2, 0.25) is 0 Å². The lowest BCUT2D eigenvalue weighted by Crippen LogP contribution is -2.47. The van der Waals surface area contributed by atoms with Gasteiger partial charge in [0.05, 0.1) is 10.0 Å².